The van der Waals surface area contributed by atoms with E-state index in [2.05, 4.69) is 50.2 Å². The summed E-state index contributed by atoms with van der Waals surface area (Å²) < 4.78 is 5.57. The van der Waals surface area contributed by atoms with Crippen molar-refractivity contribution in [3.63, 3.8) is 0 Å². The van der Waals surface area contributed by atoms with E-state index >= 15 is 0 Å². The molecule has 0 aliphatic carbocycles. The summed E-state index contributed by atoms with van der Waals surface area (Å²) in [7, 11) is 0. The highest BCUT2D eigenvalue weighted by molar-refractivity contribution is 5.91. The molecule has 0 heterocycles. The predicted molar refractivity (Wildman–Crippen MR) is 139 cm³/mol. The van der Waals surface area contributed by atoms with Crippen molar-refractivity contribution in [3.05, 3.63) is 89.5 Å². The van der Waals surface area contributed by atoms with Crippen molar-refractivity contribution in [1.29, 1.82) is 0 Å². The van der Waals surface area contributed by atoms with Crippen molar-refractivity contribution in [1.82, 2.24) is 0 Å². The molecule has 0 atom stereocenters. The van der Waals surface area contributed by atoms with Crippen molar-refractivity contribution in [2.45, 2.75) is 78.1 Å². The van der Waals surface area contributed by atoms with Crippen LogP contribution in [-0.4, -0.2) is 5.97 Å². The van der Waals surface area contributed by atoms with Crippen molar-refractivity contribution < 1.29 is 9.53 Å². The molecule has 0 aromatic heterocycles. The van der Waals surface area contributed by atoms with Gasteiger partial charge in [0, 0.05) is 0 Å². The second-order valence-electron chi connectivity index (χ2n) is 8.93. The molecule has 0 radical (unpaired) electrons. The molecular weight excluding hydrogens is 404 g/mol. The number of hydrogen-bond acceptors (Lipinski definition) is 2. The molecule has 0 bridgehead atoms. The minimum atomic E-state index is -0.321. The first-order valence-electron chi connectivity index (χ1n) is 12.7. The fraction of sp³-hybridized carbons (Fsp3) is 0.387. The van der Waals surface area contributed by atoms with E-state index in [-0.39, 0.29) is 5.97 Å². The zero-order chi connectivity index (χ0) is 23.3. The number of carbonyl (C=O) groups excluding carboxylic acids is 1. The van der Waals surface area contributed by atoms with E-state index in [1.807, 2.05) is 36.4 Å². The molecule has 2 nitrogen and oxygen atoms in total. The smallest absolute Gasteiger partial charge is 0.343 e. The Morgan fingerprint density at radius 3 is 1.61 bits per heavy atom. The van der Waals surface area contributed by atoms with E-state index in [9.17, 15) is 4.79 Å². The molecule has 174 valence electrons. The van der Waals surface area contributed by atoms with Gasteiger partial charge in [-0.3, -0.25) is 0 Å². The highest BCUT2D eigenvalue weighted by Gasteiger charge is 2.09. The molecule has 0 unspecified atom stereocenters. The monoisotopic (exact) mass is 442 g/mol. The van der Waals surface area contributed by atoms with Gasteiger partial charge >= 0.3 is 5.97 Å². The van der Waals surface area contributed by atoms with Crippen molar-refractivity contribution in [3.8, 4) is 16.9 Å². The molecule has 0 saturated carbocycles. The third-order valence-electron chi connectivity index (χ3n) is 6.18. The zero-order valence-corrected chi connectivity index (χ0v) is 20.3. The Balaban J connectivity index is 1.51. The average Bonchev–Trinajstić information content (AvgIpc) is 2.86. The van der Waals surface area contributed by atoms with Gasteiger partial charge in [0.25, 0.3) is 0 Å². The number of hydrogen-bond donors (Lipinski definition) is 0. The van der Waals surface area contributed by atoms with Gasteiger partial charge in [0.1, 0.15) is 5.75 Å². The van der Waals surface area contributed by atoms with E-state index in [0.29, 0.717) is 11.3 Å². The summed E-state index contributed by atoms with van der Waals surface area (Å²) in [6, 6.07) is 24.4. The topological polar surface area (TPSA) is 26.3 Å². The van der Waals surface area contributed by atoms with Crippen LogP contribution in [-0.2, 0) is 12.8 Å². The molecule has 0 spiro atoms. The van der Waals surface area contributed by atoms with Gasteiger partial charge in [0.05, 0.1) is 5.56 Å². The summed E-state index contributed by atoms with van der Waals surface area (Å²) in [6.45, 7) is 4.46. The standard InChI is InChI=1S/C31H38O2/c1-3-5-7-8-10-12-25-13-17-27(18-14-25)28-19-21-29(22-20-28)31(32)33-30-23-15-26(16-24-30)11-9-6-4-2/h13-24H,3-12H2,1-2H3. The molecule has 0 N–H and O–H groups in total. The van der Waals surface area contributed by atoms with Crippen LogP contribution in [0.3, 0.4) is 0 Å². The highest BCUT2D eigenvalue weighted by Crippen LogP contribution is 2.22. The maximum Gasteiger partial charge on any atom is 0.343 e. The van der Waals surface area contributed by atoms with Crippen LogP contribution >= 0.6 is 0 Å². The number of aryl methyl sites for hydroxylation is 2. The Morgan fingerprint density at radius 2 is 1.03 bits per heavy atom. The SMILES string of the molecule is CCCCCCCc1ccc(-c2ccc(C(=O)Oc3ccc(CCCCC)cc3)cc2)cc1. The molecular formula is C31H38O2. The summed E-state index contributed by atoms with van der Waals surface area (Å²) in [5.41, 5.74) is 5.53. The van der Waals surface area contributed by atoms with Gasteiger partial charge in [-0.15, -0.1) is 0 Å². The number of esters is 1. The van der Waals surface area contributed by atoms with Crippen molar-refractivity contribution >= 4 is 5.97 Å². The largest absolute Gasteiger partial charge is 0.423 e. The van der Waals surface area contributed by atoms with E-state index in [1.54, 1.807) is 0 Å². The molecule has 33 heavy (non-hydrogen) atoms. The zero-order valence-electron chi connectivity index (χ0n) is 20.3. The van der Waals surface area contributed by atoms with E-state index in [1.165, 1.54) is 68.1 Å². The van der Waals surface area contributed by atoms with Crippen molar-refractivity contribution in [2.75, 3.05) is 0 Å². The maximum absolute atomic E-state index is 12.5. The van der Waals surface area contributed by atoms with Gasteiger partial charge in [-0.25, -0.2) is 4.79 Å². The molecule has 0 aliphatic rings. The van der Waals surface area contributed by atoms with Gasteiger partial charge in [-0.05, 0) is 72.2 Å². The van der Waals surface area contributed by atoms with Crippen LogP contribution in [0.2, 0.25) is 0 Å². The molecule has 0 amide bonds. The fourth-order valence-corrected chi connectivity index (χ4v) is 4.06. The molecule has 3 rings (SSSR count). The number of carbonyl (C=O) groups is 1. The second kappa shape index (κ2) is 13.6. The van der Waals surface area contributed by atoms with Crippen LogP contribution in [0.5, 0.6) is 5.75 Å². The number of unbranched alkanes of at least 4 members (excludes halogenated alkanes) is 6. The lowest BCUT2D eigenvalue weighted by Gasteiger charge is -2.08. The second-order valence-corrected chi connectivity index (χ2v) is 8.93. The first kappa shape index (κ1) is 24.8. The summed E-state index contributed by atoms with van der Waals surface area (Å²) in [6.07, 6.45) is 12.4. The lowest BCUT2D eigenvalue weighted by atomic mass is 10.00. The summed E-state index contributed by atoms with van der Waals surface area (Å²) in [5, 5.41) is 0. The van der Waals surface area contributed by atoms with Crippen molar-refractivity contribution in [2.24, 2.45) is 0 Å². The minimum Gasteiger partial charge on any atom is -0.423 e. The molecule has 3 aromatic rings. The Bertz CT molecular complexity index is 953. The Hall–Kier alpha value is -2.87. The number of benzene rings is 3. The van der Waals surface area contributed by atoms with Crippen LogP contribution in [0.25, 0.3) is 11.1 Å². The molecule has 0 aliphatic heterocycles. The van der Waals surface area contributed by atoms with Gasteiger partial charge in [0.2, 0.25) is 0 Å². The van der Waals surface area contributed by atoms with Crippen LogP contribution in [0.1, 0.15) is 86.7 Å². The minimum absolute atomic E-state index is 0.321. The fourth-order valence-electron chi connectivity index (χ4n) is 4.06. The van der Waals surface area contributed by atoms with E-state index in [4.69, 9.17) is 4.74 Å². The third-order valence-corrected chi connectivity index (χ3v) is 6.18. The van der Waals surface area contributed by atoms with E-state index < -0.39 is 0 Å². The molecule has 0 fully saturated rings. The Kier molecular flexibility index (Phi) is 10.2. The van der Waals surface area contributed by atoms with Gasteiger partial charge < -0.3 is 4.74 Å². The Labute approximate surface area is 200 Å². The van der Waals surface area contributed by atoms with Crippen LogP contribution < -0.4 is 4.74 Å². The third kappa shape index (κ3) is 8.20. The normalized spacial score (nSPS) is 10.8. The maximum atomic E-state index is 12.5. The Morgan fingerprint density at radius 1 is 0.576 bits per heavy atom. The number of ether oxygens (including phenoxy) is 1. The molecule has 2 heteroatoms. The summed E-state index contributed by atoms with van der Waals surface area (Å²) in [4.78, 5) is 12.5. The summed E-state index contributed by atoms with van der Waals surface area (Å²) >= 11 is 0. The first-order valence-corrected chi connectivity index (χ1v) is 12.7. The first-order chi connectivity index (χ1) is 16.2. The van der Waals surface area contributed by atoms with Crippen LogP contribution in [0.4, 0.5) is 0 Å². The van der Waals surface area contributed by atoms with E-state index in [0.717, 1.165) is 18.4 Å². The lowest BCUT2D eigenvalue weighted by Crippen LogP contribution is -2.08. The van der Waals surface area contributed by atoms with Gasteiger partial charge in [-0.2, -0.15) is 0 Å². The quantitative estimate of drug-likeness (QED) is 0.150. The van der Waals surface area contributed by atoms with Gasteiger partial charge in [0.15, 0.2) is 0 Å². The average molecular weight is 443 g/mol. The van der Waals surface area contributed by atoms with Crippen LogP contribution in [0, 0.1) is 0 Å². The number of rotatable bonds is 13. The highest BCUT2D eigenvalue weighted by atomic mass is 16.5. The molecule has 3 aromatic carbocycles. The summed E-state index contributed by atoms with van der Waals surface area (Å²) in [5.74, 6) is 0.271. The lowest BCUT2D eigenvalue weighted by molar-refractivity contribution is 0.0734. The van der Waals surface area contributed by atoms with Gasteiger partial charge in [-0.1, -0.05) is 101 Å². The molecule has 0 saturated heterocycles. The van der Waals surface area contributed by atoms with Crippen LogP contribution in [0.15, 0.2) is 72.8 Å². The predicted octanol–water partition coefficient (Wildman–Crippen LogP) is 8.82.